The van der Waals surface area contributed by atoms with Gasteiger partial charge in [0, 0.05) is 15.7 Å². The van der Waals surface area contributed by atoms with Crippen LogP contribution >= 0.6 is 22.6 Å². The van der Waals surface area contributed by atoms with Crippen molar-refractivity contribution < 1.29 is 14.3 Å². The van der Waals surface area contributed by atoms with Crippen LogP contribution in [0, 0.1) is 3.57 Å². The summed E-state index contributed by atoms with van der Waals surface area (Å²) in [6, 6.07) is 16.8. The van der Waals surface area contributed by atoms with Gasteiger partial charge in [0.1, 0.15) is 0 Å². The molecule has 0 unspecified atom stereocenters. The summed E-state index contributed by atoms with van der Waals surface area (Å²) in [5.41, 5.74) is 1.11. The van der Waals surface area contributed by atoms with E-state index in [1.165, 1.54) is 0 Å². The summed E-state index contributed by atoms with van der Waals surface area (Å²) in [6.07, 6.45) is 0. The van der Waals surface area contributed by atoms with E-state index in [1.807, 2.05) is 63.2 Å². The molecule has 0 aromatic heterocycles. The van der Waals surface area contributed by atoms with Crippen molar-refractivity contribution in [3.8, 4) is 0 Å². The molecular weight excluding hydrogens is 429 g/mol. The smallest absolute Gasteiger partial charge is 0.338 e. The van der Waals surface area contributed by atoms with Crippen molar-refractivity contribution in [2.45, 2.75) is 32.9 Å². The third-order valence-corrected chi connectivity index (χ3v) is 4.42. The second-order valence-electron chi connectivity index (χ2n) is 6.72. The lowest BCUT2D eigenvalue weighted by Crippen LogP contribution is -2.46. The molecule has 2 aromatic rings. The van der Waals surface area contributed by atoms with Crippen LogP contribution in [0.5, 0.6) is 0 Å². The van der Waals surface area contributed by atoms with Crippen molar-refractivity contribution >= 4 is 34.5 Å². The summed E-state index contributed by atoms with van der Waals surface area (Å²) in [4.78, 5) is 26.5. The van der Waals surface area contributed by atoms with Gasteiger partial charge in [0.2, 0.25) is 0 Å². The minimum Gasteiger partial charge on any atom is -0.452 e. The van der Waals surface area contributed by atoms with E-state index in [-0.39, 0.29) is 18.1 Å². The number of ether oxygens (including phenoxy) is 1. The van der Waals surface area contributed by atoms with Crippen LogP contribution in [0.2, 0.25) is 0 Å². The fraction of sp³-hybridized carbons (Fsp3) is 0.300. The van der Waals surface area contributed by atoms with Crippen LogP contribution in [0.15, 0.2) is 54.6 Å². The zero-order chi connectivity index (χ0) is 18.4. The number of carbonyl (C=O) groups excluding carboxylic acids is 2. The number of rotatable bonds is 5. The van der Waals surface area contributed by atoms with Crippen LogP contribution in [-0.4, -0.2) is 28.9 Å². The second kappa shape index (κ2) is 8.47. The van der Waals surface area contributed by atoms with Gasteiger partial charge in [0.25, 0.3) is 5.91 Å². The van der Waals surface area contributed by atoms with Gasteiger partial charge in [-0.05, 0) is 73.2 Å². The number of nitrogens with zero attached hydrogens (tertiary/aromatic N) is 1. The van der Waals surface area contributed by atoms with Gasteiger partial charge in [-0.3, -0.25) is 4.79 Å². The average Bonchev–Trinajstić information content (AvgIpc) is 2.58. The van der Waals surface area contributed by atoms with Gasteiger partial charge in [-0.2, -0.15) is 0 Å². The van der Waals surface area contributed by atoms with Gasteiger partial charge in [-0.15, -0.1) is 0 Å². The topological polar surface area (TPSA) is 46.6 Å². The maximum atomic E-state index is 12.6. The van der Waals surface area contributed by atoms with E-state index in [9.17, 15) is 9.59 Å². The fourth-order valence-electron chi connectivity index (χ4n) is 2.34. The molecular formula is C20H22INO3. The van der Waals surface area contributed by atoms with Gasteiger partial charge in [0.05, 0.1) is 5.56 Å². The third-order valence-electron chi connectivity index (χ3n) is 3.70. The van der Waals surface area contributed by atoms with E-state index in [0.29, 0.717) is 12.1 Å². The average molecular weight is 451 g/mol. The maximum Gasteiger partial charge on any atom is 0.338 e. The van der Waals surface area contributed by atoms with E-state index in [1.54, 1.807) is 17.0 Å². The van der Waals surface area contributed by atoms with Crippen LogP contribution < -0.4 is 0 Å². The zero-order valence-corrected chi connectivity index (χ0v) is 16.8. The highest BCUT2D eigenvalue weighted by Crippen LogP contribution is 2.18. The number of benzene rings is 2. The largest absolute Gasteiger partial charge is 0.452 e. The summed E-state index contributed by atoms with van der Waals surface area (Å²) in [5.74, 6) is -0.700. The fourth-order valence-corrected chi connectivity index (χ4v) is 2.70. The Balaban J connectivity index is 2.02. The lowest BCUT2D eigenvalue weighted by atomic mass is 10.0. The molecule has 0 N–H and O–H groups in total. The number of esters is 1. The van der Waals surface area contributed by atoms with Crippen molar-refractivity contribution in [1.29, 1.82) is 0 Å². The molecule has 1 amide bonds. The summed E-state index contributed by atoms with van der Waals surface area (Å²) >= 11 is 2.17. The third kappa shape index (κ3) is 5.85. The first kappa shape index (κ1) is 19.4. The number of amides is 1. The Labute approximate surface area is 162 Å². The predicted molar refractivity (Wildman–Crippen MR) is 106 cm³/mol. The Morgan fingerprint density at radius 3 is 2.16 bits per heavy atom. The summed E-state index contributed by atoms with van der Waals surface area (Å²) < 4.78 is 6.25. The minimum absolute atomic E-state index is 0.213. The first-order chi connectivity index (χ1) is 11.8. The molecule has 25 heavy (non-hydrogen) atoms. The molecule has 0 aliphatic carbocycles. The Bertz CT molecular complexity index is 721. The van der Waals surface area contributed by atoms with Crippen LogP contribution in [0.25, 0.3) is 0 Å². The van der Waals surface area contributed by atoms with E-state index in [0.717, 1.165) is 9.13 Å². The highest BCUT2D eigenvalue weighted by molar-refractivity contribution is 14.1. The lowest BCUT2D eigenvalue weighted by Gasteiger charge is -2.35. The Morgan fingerprint density at radius 1 is 1.00 bits per heavy atom. The van der Waals surface area contributed by atoms with Crippen molar-refractivity contribution in [2.24, 2.45) is 0 Å². The molecule has 2 aromatic carbocycles. The van der Waals surface area contributed by atoms with Crippen molar-refractivity contribution in [3.63, 3.8) is 0 Å². The van der Waals surface area contributed by atoms with E-state index < -0.39 is 5.97 Å². The molecule has 0 fully saturated rings. The quantitative estimate of drug-likeness (QED) is 0.504. The van der Waals surface area contributed by atoms with Crippen molar-refractivity contribution in [3.05, 3.63) is 69.3 Å². The molecule has 132 valence electrons. The first-order valence-corrected chi connectivity index (χ1v) is 9.12. The molecule has 0 atom stereocenters. The van der Waals surface area contributed by atoms with E-state index in [4.69, 9.17) is 4.74 Å². The molecule has 0 saturated heterocycles. The van der Waals surface area contributed by atoms with Gasteiger partial charge >= 0.3 is 5.97 Å². The lowest BCUT2D eigenvalue weighted by molar-refractivity contribution is -0.140. The van der Waals surface area contributed by atoms with Crippen LogP contribution in [0.4, 0.5) is 0 Å². The molecule has 0 heterocycles. The van der Waals surface area contributed by atoms with Gasteiger partial charge in [0.15, 0.2) is 6.61 Å². The molecule has 0 aliphatic rings. The first-order valence-electron chi connectivity index (χ1n) is 8.04. The Morgan fingerprint density at radius 2 is 1.60 bits per heavy atom. The molecule has 4 nitrogen and oxygen atoms in total. The summed E-state index contributed by atoms with van der Waals surface area (Å²) in [7, 11) is 0. The maximum absolute atomic E-state index is 12.6. The Kier molecular flexibility index (Phi) is 6.58. The zero-order valence-electron chi connectivity index (χ0n) is 14.7. The summed E-state index contributed by atoms with van der Waals surface area (Å²) in [6.45, 7) is 6.11. The highest BCUT2D eigenvalue weighted by Gasteiger charge is 2.27. The molecule has 2 rings (SSSR count). The number of carbonyl (C=O) groups is 2. The highest BCUT2D eigenvalue weighted by atomic mass is 127. The van der Waals surface area contributed by atoms with Crippen LogP contribution in [0.3, 0.4) is 0 Å². The molecule has 5 heteroatoms. The summed E-state index contributed by atoms with van der Waals surface area (Å²) in [5, 5.41) is 0. The van der Waals surface area contributed by atoms with Gasteiger partial charge in [-0.25, -0.2) is 4.79 Å². The standard InChI is InChI=1S/C20H22INO3/c1-20(2,3)22(13-15-7-5-4-6-8-15)18(23)14-25-19(24)16-9-11-17(21)12-10-16/h4-12H,13-14H2,1-3H3. The monoisotopic (exact) mass is 451 g/mol. The van der Waals surface area contributed by atoms with Gasteiger partial charge < -0.3 is 9.64 Å². The van der Waals surface area contributed by atoms with Crippen LogP contribution in [-0.2, 0) is 16.1 Å². The molecule has 0 bridgehead atoms. The van der Waals surface area contributed by atoms with E-state index >= 15 is 0 Å². The normalized spacial score (nSPS) is 11.0. The van der Waals surface area contributed by atoms with E-state index in [2.05, 4.69) is 22.6 Å². The Hall–Kier alpha value is -1.89. The number of halogens is 1. The number of hydrogen-bond acceptors (Lipinski definition) is 3. The minimum atomic E-state index is -0.488. The molecule has 0 aliphatic heterocycles. The second-order valence-corrected chi connectivity index (χ2v) is 7.96. The SMILES string of the molecule is CC(C)(C)N(Cc1ccccc1)C(=O)COC(=O)c1ccc(I)cc1. The van der Waals surface area contributed by atoms with Crippen molar-refractivity contribution in [2.75, 3.05) is 6.61 Å². The van der Waals surface area contributed by atoms with Gasteiger partial charge in [-0.1, -0.05) is 30.3 Å². The van der Waals surface area contributed by atoms with Crippen molar-refractivity contribution in [1.82, 2.24) is 4.90 Å². The predicted octanol–water partition coefficient (Wildman–Crippen LogP) is 4.28. The molecule has 0 saturated carbocycles. The molecule has 0 radical (unpaired) electrons. The molecule has 0 spiro atoms. The number of hydrogen-bond donors (Lipinski definition) is 0. The van der Waals surface area contributed by atoms with Crippen LogP contribution in [0.1, 0.15) is 36.7 Å².